The van der Waals surface area contributed by atoms with Gasteiger partial charge in [0.05, 0.1) is 30.5 Å². The van der Waals surface area contributed by atoms with Crippen molar-refractivity contribution in [2.24, 2.45) is 0 Å². The molecule has 0 aliphatic rings. The molecule has 132 valence electrons. The van der Waals surface area contributed by atoms with E-state index in [9.17, 15) is 14.0 Å². The van der Waals surface area contributed by atoms with Gasteiger partial charge >= 0.3 is 0 Å². The standard InChI is InChI=1S/C20H17FN2O3/c21-15-9-7-14(8-10-15)12-19(24)23-18-6-2-1-5-17(18)20(25)22-13-16-4-3-11-26-16/h1-11H,12-13H2,(H,22,25)(H,23,24). The summed E-state index contributed by atoms with van der Waals surface area (Å²) >= 11 is 0. The molecule has 0 aliphatic heterocycles. The van der Waals surface area contributed by atoms with Gasteiger partial charge < -0.3 is 15.1 Å². The van der Waals surface area contributed by atoms with Crippen LogP contribution in [0.25, 0.3) is 0 Å². The maximum Gasteiger partial charge on any atom is 0.253 e. The van der Waals surface area contributed by atoms with Crippen LogP contribution in [0, 0.1) is 5.82 Å². The highest BCUT2D eigenvalue weighted by Gasteiger charge is 2.13. The second kappa shape index (κ2) is 8.11. The summed E-state index contributed by atoms with van der Waals surface area (Å²) in [7, 11) is 0. The average Bonchev–Trinajstić information content (AvgIpc) is 3.16. The maximum absolute atomic E-state index is 12.9. The molecule has 0 saturated heterocycles. The molecule has 0 unspecified atom stereocenters. The van der Waals surface area contributed by atoms with E-state index in [4.69, 9.17) is 4.42 Å². The fraction of sp³-hybridized carbons (Fsp3) is 0.100. The predicted molar refractivity (Wildman–Crippen MR) is 95.1 cm³/mol. The molecule has 5 nitrogen and oxygen atoms in total. The Hall–Kier alpha value is -3.41. The average molecular weight is 352 g/mol. The molecule has 2 N–H and O–H groups in total. The largest absolute Gasteiger partial charge is 0.467 e. The third-order valence-corrected chi connectivity index (χ3v) is 3.73. The van der Waals surface area contributed by atoms with Crippen molar-refractivity contribution in [2.75, 3.05) is 5.32 Å². The lowest BCUT2D eigenvalue weighted by atomic mass is 10.1. The first-order valence-corrected chi connectivity index (χ1v) is 8.06. The van der Waals surface area contributed by atoms with Crippen LogP contribution in [-0.2, 0) is 17.8 Å². The Bertz CT molecular complexity index is 890. The van der Waals surface area contributed by atoms with Gasteiger partial charge in [0.15, 0.2) is 0 Å². The van der Waals surface area contributed by atoms with Crippen LogP contribution in [0.4, 0.5) is 10.1 Å². The lowest BCUT2D eigenvalue weighted by molar-refractivity contribution is -0.115. The summed E-state index contributed by atoms with van der Waals surface area (Å²) in [6, 6.07) is 16.0. The van der Waals surface area contributed by atoms with Crippen LogP contribution in [0.15, 0.2) is 71.3 Å². The number of rotatable bonds is 6. The van der Waals surface area contributed by atoms with E-state index >= 15 is 0 Å². The Kier molecular flexibility index (Phi) is 5.43. The van der Waals surface area contributed by atoms with Crippen molar-refractivity contribution in [3.63, 3.8) is 0 Å². The minimum Gasteiger partial charge on any atom is -0.467 e. The number of anilines is 1. The molecule has 26 heavy (non-hydrogen) atoms. The van der Waals surface area contributed by atoms with Crippen LogP contribution < -0.4 is 10.6 Å². The summed E-state index contributed by atoms with van der Waals surface area (Å²) < 4.78 is 18.1. The molecule has 6 heteroatoms. The van der Waals surface area contributed by atoms with E-state index < -0.39 is 0 Å². The zero-order valence-electron chi connectivity index (χ0n) is 13.9. The molecule has 0 fully saturated rings. The smallest absolute Gasteiger partial charge is 0.253 e. The van der Waals surface area contributed by atoms with Gasteiger partial charge in [-0.2, -0.15) is 0 Å². The van der Waals surface area contributed by atoms with Gasteiger partial charge in [0.2, 0.25) is 5.91 Å². The zero-order chi connectivity index (χ0) is 18.4. The summed E-state index contributed by atoms with van der Waals surface area (Å²) in [5, 5.41) is 5.48. The number of amides is 2. The molecule has 1 aromatic heterocycles. The van der Waals surface area contributed by atoms with E-state index in [0.717, 1.165) is 0 Å². The van der Waals surface area contributed by atoms with Gasteiger partial charge in [-0.15, -0.1) is 0 Å². The summed E-state index contributed by atoms with van der Waals surface area (Å²) in [6.07, 6.45) is 1.62. The van der Waals surface area contributed by atoms with Gasteiger partial charge in [0.25, 0.3) is 5.91 Å². The first kappa shape index (κ1) is 17.4. The molecule has 0 radical (unpaired) electrons. The van der Waals surface area contributed by atoms with E-state index in [0.29, 0.717) is 22.6 Å². The van der Waals surface area contributed by atoms with E-state index in [2.05, 4.69) is 10.6 Å². The Balaban J connectivity index is 1.65. The van der Waals surface area contributed by atoms with E-state index in [-0.39, 0.29) is 30.6 Å². The van der Waals surface area contributed by atoms with Crippen LogP contribution in [-0.4, -0.2) is 11.8 Å². The second-order valence-corrected chi connectivity index (χ2v) is 5.66. The van der Waals surface area contributed by atoms with Gasteiger partial charge in [-0.1, -0.05) is 24.3 Å². The van der Waals surface area contributed by atoms with E-state index in [1.54, 1.807) is 48.5 Å². The molecule has 0 atom stereocenters. The number of carbonyl (C=O) groups is 2. The Morgan fingerprint density at radius 2 is 1.73 bits per heavy atom. The fourth-order valence-corrected chi connectivity index (χ4v) is 2.45. The van der Waals surface area contributed by atoms with Gasteiger partial charge in [-0.25, -0.2) is 4.39 Å². The number of para-hydroxylation sites is 1. The number of nitrogens with one attached hydrogen (secondary N) is 2. The van der Waals surface area contributed by atoms with Crippen molar-refractivity contribution in [1.82, 2.24) is 5.32 Å². The third kappa shape index (κ3) is 4.57. The van der Waals surface area contributed by atoms with Gasteiger partial charge in [0.1, 0.15) is 11.6 Å². The van der Waals surface area contributed by atoms with Crippen LogP contribution in [0.3, 0.4) is 0 Å². The minimum absolute atomic E-state index is 0.0859. The predicted octanol–water partition coefficient (Wildman–Crippen LogP) is 3.53. The molecule has 0 aliphatic carbocycles. The summed E-state index contributed by atoms with van der Waals surface area (Å²) in [4.78, 5) is 24.6. The van der Waals surface area contributed by atoms with Crippen molar-refractivity contribution < 1.29 is 18.4 Å². The third-order valence-electron chi connectivity index (χ3n) is 3.73. The lowest BCUT2D eigenvalue weighted by Crippen LogP contribution is -2.25. The molecule has 0 spiro atoms. The highest BCUT2D eigenvalue weighted by atomic mass is 19.1. The molecule has 0 bridgehead atoms. The Labute approximate surface area is 149 Å². The van der Waals surface area contributed by atoms with E-state index in [1.165, 1.54) is 18.4 Å². The Morgan fingerprint density at radius 3 is 2.46 bits per heavy atom. The summed E-state index contributed by atoms with van der Waals surface area (Å²) in [5.74, 6) is -0.328. The normalized spacial score (nSPS) is 10.3. The van der Waals surface area contributed by atoms with Crippen molar-refractivity contribution in [3.05, 3.63) is 89.6 Å². The first-order valence-electron chi connectivity index (χ1n) is 8.06. The lowest BCUT2D eigenvalue weighted by Gasteiger charge is -2.11. The highest BCUT2D eigenvalue weighted by molar-refractivity contribution is 6.04. The van der Waals surface area contributed by atoms with E-state index in [1.807, 2.05) is 0 Å². The quantitative estimate of drug-likeness (QED) is 0.713. The van der Waals surface area contributed by atoms with Crippen LogP contribution in [0.5, 0.6) is 0 Å². The number of furan rings is 1. The van der Waals surface area contributed by atoms with Crippen LogP contribution in [0.2, 0.25) is 0 Å². The molecule has 3 rings (SSSR count). The Morgan fingerprint density at radius 1 is 0.962 bits per heavy atom. The zero-order valence-corrected chi connectivity index (χ0v) is 13.9. The molecule has 2 aromatic carbocycles. The number of hydrogen-bond donors (Lipinski definition) is 2. The number of carbonyl (C=O) groups excluding carboxylic acids is 2. The maximum atomic E-state index is 12.9. The number of halogens is 1. The van der Waals surface area contributed by atoms with Crippen LogP contribution in [0.1, 0.15) is 21.7 Å². The minimum atomic E-state index is -0.354. The topological polar surface area (TPSA) is 71.3 Å². The second-order valence-electron chi connectivity index (χ2n) is 5.66. The summed E-state index contributed by atoms with van der Waals surface area (Å²) in [5.41, 5.74) is 1.45. The van der Waals surface area contributed by atoms with Gasteiger partial charge in [-0.3, -0.25) is 9.59 Å². The molecular weight excluding hydrogens is 335 g/mol. The number of benzene rings is 2. The molecule has 0 saturated carbocycles. The molecule has 2 amide bonds. The molecule has 1 heterocycles. The van der Waals surface area contributed by atoms with Crippen molar-refractivity contribution in [3.8, 4) is 0 Å². The first-order chi connectivity index (χ1) is 12.6. The number of hydrogen-bond acceptors (Lipinski definition) is 3. The SMILES string of the molecule is O=C(Cc1ccc(F)cc1)Nc1ccccc1C(=O)NCc1ccco1. The highest BCUT2D eigenvalue weighted by Crippen LogP contribution is 2.16. The van der Waals surface area contributed by atoms with Crippen molar-refractivity contribution in [2.45, 2.75) is 13.0 Å². The fourth-order valence-electron chi connectivity index (χ4n) is 2.45. The van der Waals surface area contributed by atoms with Gasteiger partial charge in [-0.05, 0) is 42.0 Å². The monoisotopic (exact) mass is 352 g/mol. The van der Waals surface area contributed by atoms with Crippen molar-refractivity contribution in [1.29, 1.82) is 0 Å². The van der Waals surface area contributed by atoms with Gasteiger partial charge in [0, 0.05) is 0 Å². The molecule has 3 aromatic rings. The van der Waals surface area contributed by atoms with Crippen molar-refractivity contribution >= 4 is 17.5 Å². The van der Waals surface area contributed by atoms with Crippen LogP contribution >= 0.6 is 0 Å². The summed E-state index contributed by atoms with van der Waals surface area (Å²) in [6.45, 7) is 0.254. The molecular formula is C20H17FN2O3.